The number of hydrogen-bond donors (Lipinski definition) is 2. The fourth-order valence-electron chi connectivity index (χ4n) is 6.34. The molecule has 2 rings (SSSR count). The van der Waals surface area contributed by atoms with Crippen LogP contribution in [0.25, 0.3) is 0 Å². The van der Waals surface area contributed by atoms with E-state index in [-0.39, 0.29) is 32.5 Å². The van der Waals surface area contributed by atoms with E-state index in [0.29, 0.717) is 24.8 Å². The number of benzene rings is 1. The van der Waals surface area contributed by atoms with Crippen LogP contribution in [0.1, 0.15) is 128 Å². The first-order valence-corrected chi connectivity index (χ1v) is 21.1. The first-order chi connectivity index (χ1) is 27.8. The summed E-state index contributed by atoms with van der Waals surface area (Å²) in [4.78, 5) is 10.5. The second kappa shape index (κ2) is 26.4. The Kier molecular flexibility index (Phi) is 23.8. The molecule has 59 heavy (non-hydrogen) atoms. The number of ether oxygens (including phenoxy) is 6. The van der Waals surface area contributed by atoms with Gasteiger partial charge in [0.05, 0.1) is 18.8 Å². The highest BCUT2D eigenvalue weighted by Crippen LogP contribution is 2.49. The predicted octanol–water partition coefficient (Wildman–Crippen LogP) is 9.89. The molecule has 0 aromatic heterocycles. The molecule has 0 spiro atoms. The van der Waals surface area contributed by atoms with E-state index in [1.807, 2.05) is 0 Å². The molecule has 1 saturated heterocycles. The van der Waals surface area contributed by atoms with Gasteiger partial charge in [-0.05, 0) is 19.3 Å². The zero-order chi connectivity index (χ0) is 44.1. The molecule has 1 aromatic carbocycles. The van der Waals surface area contributed by atoms with Crippen LogP contribution >= 0.6 is 0 Å². The van der Waals surface area contributed by atoms with Crippen LogP contribution in [0.4, 0.5) is 35.1 Å². The lowest BCUT2D eigenvalue weighted by molar-refractivity contribution is -0.457. The number of carbonyl (C=O) groups is 1. The van der Waals surface area contributed by atoms with Gasteiger partial charge in [0, 0.05) is 38.5 Å². The average molecular weight is 889 g/mol. The van der Waals surface area contributed by atoms with Crippen molar-refractivity contribution in [3.63, 3.8) is 0 Å². The molecule has 1 aromatic rings. The summed E-state index contributed by atoms with van der Waals surface area (Å²) in [6.45, 7) is 2.07. The van der Waals surface area contributed by atoms with E-state index in [1.165, 1.54) is 6.92 Å². The molecule has 0 saturated carbocycles. The summed E-state index contributed by atoms with van der Waals surface area (Å²) in [5, 5.41) is 12.9. The van der Waals surface area contributed by atoms with Gasteiger partial charge in [0.1, 0.15) is 6.79 Å². The number of carboxylic acids is 1. The van der Waals surface area contributed by atoms with Gasteiger partial charge in [-0.1, -0.05) is 114 Å². The van der Waals surface area contributed by atoms with Crippen LogP contribution in [0, 0.1) is 5.92 Å². The minimum atomic E-state index is -6.43. The van der Waals surface area contributed by atoms with E-state index in [9.17, 15) is 49.2 Å². The molecule has 1 heterocycles. The summed E-state index contributed by atoms with van der Waals surface area (Å²) in [5.41, 5.74) is 0.386. The largest absolute Gasteiger partial charge is 0.481 e. The van der Waals surface area contributed by atoms with E-state index in [4.69, 9.17) is 33.0 Å². The summed E-state index contributed by atoms with van der Waals surface area (Å²) >= 11 is -4.54. The maximum Gasteiger partial charge on any atom is 0.439 e. The molecule has 0 bridgehead atoms. The monoisotopic (exact) mass is 888 g/mol. The van der Waals surface area contributed by atoms with Crippen molar-refractivity contribution in [2.75, 3.05) is 27.1 Å². The summed E-state index contributed by atoms with van der Waals surface area (Å²) in [5.74, 6) is -7.23. The zero-order valence-corrected chi connectivity index (χ0v) is 34.6. The van der Waals surface area contributed by atoms with Crippen LogP contribution in [0.5, 0.6) is 0 Å². The molecule has 20 heteroatoms. The Morgan fingerprint density at radius 3 is 1.98 bits per heavy atom. The van der Waals surface area contributed by atoms with E-state index in [1.54, 1.807) is 37.3 Å². The number of unbranched alkanes of at least 4 members (excludes halogenated alkanes) is 11. The number of halogens is 8. The number of alkyl halides is 8. The predicted molar refractivity (Wildman–Crippen MR) is 199 cm³/mol. The van der Waals surface area contributed by atoms with Crippen molar-refractivity contribution in [1.82, 2.24) is 0 Å². The van der Waals surface area contributed by atoms with Crippen LogP contribution in [-0.4, -0.2) is 95.5 Å². The van der Waals surface area contributed by atoms with Gasteiger partial charge in [0.25, 0.3) is 0 Å². The van der Waals surface area contributed by atoms with Crippen molar-refractivity contribution >= 4 is 17.0 Å². The van der Waals surface area contributed by atoms with Gasteiger partial charge in [-0.15, -0.1) is 0 Å². The molecule has 3 unspecified atom stereocenters. The van der Waals surface area contributed by atoms with Gasteiger partial charge in [-0.2, -0.15) is 35.1 Å². The van der Waals surface area contributed by atoms with Crippen molar-refractivity contribution in [3.05, 3.63) is 35.9 Å². The van der Waals surface area contributed by atoms with Crippen LogP contribution < -0.4 is 0 Å². The van der Waals surface area contributed by atoms with Crippen LogP contribution in [0.2, 0.25) is 0 Å². The minimum Gasteiger partial charge on any atom is -0.481 e. The van der Waals surface area contributed by atoms with Gasteiger partial charge in [-0.3, -0.25) is 8.98 Å². The van der Waals surface area contributed by atoms with E-state index in [0.717, 1.165) is 64.9 Å². The van der Waals surface area contributed by atoms with Gasteiger partial charge >= 0.3 is 29.4 Å². The van der Waals surface area contributed by atoms with E-state index < -0.39 is 90.5 Å². The van der Waals surface area contributed by atoms with E-state index >= 15 is 0 Å². The van der Waals surface area contributed by atoms with Gasteiger partial charge in [0.2, 0.25) is 11.1 Å². The van der Waals surface area contributed by atoms with Crippen molar-refractivity contribution in [1.29, 1.82) is 0 Å². The standard InChI is InChI=1S/C39H60F8O11S/c1-4-53-27-55-31-24-30(26-54-34(50)29-21-17-15-18-22-29)56-35(52-3)33(31)57-59(51)39(46,47)38(44,45)58-37(42,43)36(40,41)25-28(2)20-16-13-11-9-7-5-6-8-10-12-14-19-23-32(48)49/h15,17-18,21-22,28,30-31,33-35,50H,4-14,16,19-20,23-27H2,1-3H3,(H,48,49)/t28?,30-,31-,33-,34?,35+,59?/m0/s1. The maximum absolute atomic E-state index is 15.0. The average Bonchev–Trinajstić information content (AvgIpc) is 3.17. The van der Waals surface area contributed by atoms with Crippen molar-refractivity contribution in [3.8, 4) is 0 Å². The minimum absolute atomic E-state index is 0.0369. The first kappa shape index (κ1) is 53.1. The van der Waals surface area contributed by atoms with Gasteiger partial charge in [-0.25, -0.2) is 8.95 Å². The Balaban J connectivity index is 1.90. The molecule has 2 N–H and O–H groups in total. The summed E-state index contributed by atoms with van der Waals surface area (Å²) < 4.78 is 165. The smallest absolute Gasteiger partial charge is 0.439 e. The molecule has 1 aliphatic rings. The second-order valence-electron chi connectivity index (χ2n) is 14.6. The normalized spacial score (nSPS) is 21.0. The maximum atomic E-state index is 15.0. The fourth-order valence-corrected chi connectivity index (χ4v) is 7.11. The molecule has 0 radical (unpaired) electrons. The van der Waals surface area contributed by atoms with Crippen LogP contribution in [-0.2, 0) is 48.5 Å². The number of aliphatic hydroxyl groups excluding tert-OH is 1. The molecular formula is C39H60F8O11S. The third-order valence-corrected chi connectivity index (χ3v) is 10.7. The van der Waals surface area contributed by atoms with E-state index in [2.05, 4.69) is 4.74 Å². The SMILES string of the molecule is CCOCO[C@H]1C[C@@H](COC(O)c2ccccc2)O[C@@H](OC)[C@H]1OS(=O)C(F)(F)C(F)(F)OC(F)(F)C(F)(F)CC(C)CCCCCCCCCCCCCCC(=O)O. The lowest BCUT2D eigenvalue weighted by Crippen LogP contribution is -2.57. The highest BCUT2D eigenvalue weighted by Gasteiger charge is 2.72. The van der Waals surface area contributed by atoms with Crippen LogP contribution in [0.3, 0.4) is 0 Å². The molecular weight excluding hydrogens is 828 g/mol. The number of aliphatic carboxylic acids is 1. The summed E-state index contributed by atoms with van der Waals surface area (Å²) in [6, 6.07) is 8.14. The van der Waals surface area contributed by atoms with Gasteiger partial charge in [0.15, 0.2) is 18.7 Å². The highest BCUT2D eigenvalue weighted by atomic mass is 32.2. The highest BCUT2D eigenvalue weighted by molar-refractivity contribution is 7.81. The Morgan fingerprint density at radius 2 is 1.44 bits per heavy atom. The van der Waals surface area contributed by atoms with Crippen molar-refractivity contribution < 1.29 is 86.9 Å². The lowest BCUT2D eigenvalue weighted by Gasteiger charge is -2.40. The number of carboxylic acid groups (broad SMARTS) is 1. The topological polar surface area (TPSA) is 139 Å². The number of rotatable bonds is 33. The Hall–Kier alpha value is -2.04. The third kappa shape index (κ3) is 18.5. The number of aliphatic hydroxyl groups is 1. The lowest BCUT2D eigenvalue weighted by atomic mass is 9.95. The molecule has 1 fully saturated rings. The third-order valence-electron chi connectivity index (χ3n) is 9.65. The quantitative estimate of drug-likeness (QED) is 0.0396. The van der Waals surface area contributed by atoms with Crippen molar-refractivity contribution in [2.45, 2.75) is 171 Å². The number of methoxy groups -OCH3 is 1. The van der Waals surface area contributed by atoms with Gasteiger partial charge < -0.3 is 33.9 Å². The molecule has 1 aliphatic heterocycles. The Labute approximate surface area is 343 Å². The zero-order valence-electron chi connectivity index (χ0n) is 33.8. The molecule has 0 amide bonds. The molecule has 0 aliphatic carbocycles. The second-order valence-corrected chi connectivity index (χ2v) is 15.8. The summed E-state index contributed by atoms with van der Waals surface area (Å²) in [7, 11) is 0.994. The molecule has 7 atom stereocenters. The van der Waals surface area contributed by atoms with Crippen LogP contribution in [0.15, 0.2) is 30.3 Å². The Morgan fingerprint density at radius 1 is 0.881 bits per heavy atom. The van der Waals surface area contributed by atoms with Crippen molar-refractivity contribution in [2.24, 2.45) is 5.92 Å². The summed E-state index contributed by atoms with van der Waals surface area (Å²) in [6.07, 6.45) is -11.7. The fraction of sp³-hybridized carbons (Fsp3) is 0.821. The first-order valence-electron chi connectivity index (χ1n) is 20.0. The Bertz CT molecular complexity index is 1330. The number of hydrogen-bond acceptors (Lipinski definition) is 10. The molecule has 11 nitrogen and oxygen atoms in total. The molecule has 344 valence electrons.